The van der Waals surface area contributed by atoms with E-state index in [1.807, 2.05) is 6.07 Å². The van der Waals surface area contributed by atoms with E-state index in [-0.39, 0.29) is 0 Å². The third kappa shape index (κ3) is 4.37. The van der Waals surface area contributed by atoms with Gasteiger partial charge in [0, 0.05) is 10.9 Å². The zero-order valence-electron chi connectivity index (χ0n) is 10.6. The number of hydrogen-bond donors (Lipinski definition) is 1. The Bertz CT molecular complexity index is 507. The molecule has 19 heavy (non-hydrogen) atoms. The van der Waals surface area contributed by atoms with Gasteiger partial charge in [-0.2, -0.15) is 0 Å². The fourth-order valence-corrected chi connectivity index (χ4v) is 3.53. The zero-order valence-corrected chi connectivity index (χ0v) is 14.6. The zero-order chi connectivity index (χ0) is 13.7. The first-order valence-corrected chi connectivity index (χ1v) is 8.59. The summed E-state index contributed by atoms with van der Waals surface area (Å²) in [7, 11) is 0. The molecule has 0 spiro atoms. The van der Waals surface area contributed by atoms with E-state index in [0.717, 1.165) is 45.5 Å². The maximum absolute atomic E-state index is 5.66. The summed E-state index contributed by atoms with van der Waals surface area (Å²) in [5.74, 6) is 1.29. The van der Waals surface area contributed by atoms with Crippen molar-refractivity contribution in [1.82, 2.24) is 15.5 Å². The van der Waals surface area contributed by atoms with Crippen molar-refractivity contribution in [1.29, 1.82) is 0 Å². The highest BCUT2D eigenvalue weighted by atomic mass is 79.9. The molecule has 4 nitrogen and oxygen atoms in total. The van der Waals surface area contributed by atoms with Gasteiger partial charge in [0.15, 0.2) is 0 Å². The minimum Gasteiger partial charge on any atom is -0.420 e. The van der Waals surface area contributed by atoms with Crippen LogP contribution in [0.1, 0.15) is 25.7 Å². The largest absolute Gasteiger partial charge is 0.420 e. The van der Waals surface area contributed by atoms with E-state index in [1.54, 1.807) is 11.3 Å². The van der Waals surface area contributed by atoms with Crippen molar-refractivity contribution < 1.29 is 4.42 Å². The van der Waals surface area contributed by atoms with Crippen molar-refractivity contribution in [2.75, 3.05) is 13.1 Å². The molecule has 0 aliphatic rings. The molecule has 2 rings (SSSR count). The van der Waals surface area contributed by atoms with Crippen LogP contribution in [-0.4, -0.2) is 23.3 Å². The van der Waals surface area contributed by atoms with Crippen LogP contribution in [0.2, 0.25) is 0 Å². The number of thiophene rings is 1. The number of rotatable bonds is 7. The average Bonchev–Trinajstić information content (AvgIpc) is 2.97. The minimum atomic E-state index is 0.591. The summed E-state index contributed by atoms with van der Waals surface area (Å²) in [6, 6.07) is 1.98. The standard InChI is InChI=1S/C12H15Br2N3OS/c1-2-5-15-6-3-4-10-16-17-12(18-10)9-7-8(13)11(14)19-9/h7,15H,2-6H2,1H3. The Labute approximate surface area is 133 Å². The van der Waals surface area contributed by atoms with Crippen LogP contribution in [0.4, 0.5) is 0 Å². The van der Waals surface area contributed by atoms with E-state index in [4.69, 9.17) is 4.42 Å². The van der Waals surface area contributed by atoms with Gasteiger partial charge in [-0.3, -0.25) is 0 Å². The second kappa shape index (κ2) is 7.52. The van der Waals surface area contributed by atoms with Crippen molar-refractivity contribution in [3.8, 4) is 10.8 Å². The van der Waals surface area contributed by atoms with Gasteiger partial charge in [-0.15, -0.1) is 21.5 Å². The lowest BCUT2D eigenvalue weighted by atomic mass is 10.3. The maximum atomic E-state index is 5.66. The first-order chi connectivity index (χ1) is 9.20. The lowest BCUT2D eigenvalue weighted by Gasteiger charge is -1.99. The molecule has 0 radical (unpaired) electrons. The van der Waals surface area contributed by atoms with Crippen LogP contribution in [0.15, 0.2) is 18.7 Å². The normalized spacial score (nSPS) is 11.1. The summed E-state index contributed by atoms with van der Waals surface area (Å²) in [5.41, 5.74) is 0. The molecule has 0 saturated heterocycles. The molecular formula is C12H15Br2N3OS. The highest BCUT2D eigenvalue weighted by Crippen LogP contribution is 2.37. The highest BCUT2D eigenvalue weighted by molar-refractivity contribution is 9.13. The fraction of sp³-hybridized carbons (Fsp3) is 0.500. The topological polar surface area (TPSA) is 51.0 Å². The van der Waals surface area contributed by atoms with Crippen molar-refractivity contribution in [2.24, 2.45) is 0 Å². The monoisotopic (exact) mass is 407 g/mol. The maximum Gasteiger partial charge on any atom is 0.257 e. The Hall–Kier alpha value is -0.240. The molecule has 0 aromatic carbocycles. The third-order valence-corrected chi connectivity index (χ3v) is 5.74. The SMILES string of the molecule is CCCNCCCc1nnc(-c2cc(Br)c(Br)s2)o1. The molecule has 0 aliphatic heterocycles. The van der Waals surface area contributed by atoms with Gasteiger partial charge in [-0.25, -0.2) is 0 Å². The Morgan fingerprint density at radius 1 is 1.32 bits per heavy atom. The van der Waals surface area contributed by atoms with Gasteiger partial charge in [0.2, 0.25) is 5.89 Å². The molecule has 2 aromatic heterocycles. The summed E-state index contributed by atoms with van der Waals surface area (Å²) in [5, 5.41) is 11.5. The van der Waals surface area contributed by atoms with Gasteiger partial charge in [0.25, 0.3) is 5.89 Å². The van der Waals surface area contributed by atoms with Crippen LogP contribution in [0.25, 0.3) is 10.8 Å². The molecule has 0 bridgehead atoms. The number of hydrogen-bond acceptors (Lipinski definition) is 5. The van der Waals surface area contributed by atoms with Gasteiger partial charge in [-0.1, -0.05) is 6.92 Å². The second-order valence-corrected chi connectivity index (χ2v) is 7.31. The van der Waals surface area contributed by atoms with E-state index < -0.39 is 0 Å². The lowest BCUT2D eigenvalue weighted by Crippen LogP contribution is -2.16. The smallest absolute Gasteiger partial charge is 0.257 e. The lowest BCUT2D eigenvalue weighted by molar-refractivity contribution is 0.492. The van der Waals surface area contributed by atoms with Gasteiger partial charge in [0.1, 0.15) is 0 Å². The Balaban J connectivity index is 1.88. The Morgan fingerprint density at radius 2 is 2.16 bits per heavy atom. The van der Waals surface area contributed by atoms with Gasteiger partial charge in [0.05, 0.1) is 8.66 Å². The van der Waals surface area contributed by atoms with E-state index in [9.17, 15) is 0 Å². The van der Waals surface area contributed by atoms with Gasteiger partial charge >= 0.3 is 0 Å². The van der Waals surface area contributed by atoms with Gasteiger partial charge in [-0.05, 0) is 63.9 Å². The summed E-state index contributed by atoms with van der Waals surface area (Å²) < 4.78 is 7.71. The number of aromatic nitrogens is 2. The number of nitrogens with zero attached hydrogens (tertiary/aromatic N) is 2. The molecule has 0 amide bonds. The first kappa shape index (κ1) is 15.2. The third-order valence-electron chi connectivity index (χ3n) is 2.49. The van der Waals surface area contributed by atoms with E-state index >= 15 is 0 Å². The first-order valence-electron chi connectivity index (χ1n) is 6.19. The molecular weight excluding hydrogens is 394 g/mol. The number of nitrogens with one attached hydrogen (secondary N) is 1. The highest BCUT2D eigenvalue weighted by Gasteiger charge is 2.13. The molecule has 7 heteroatoms. The summed E-state index contributed by atoms with van der Waals surface area (Å²) >= 11 is 8.49. The molecule has 0 unspecified atom stereocenters. The van der Waals surface area contributed by atoms with Crippen LogP contribution in [-0.2, 0) is 6.42 Å². The van der Waals surface area contributed by atoms with E-state index in [1.165, 1.54) is 0 Å². The van der Waals surface area contributed by atoms with Crippen molar-refractivity contribution >= 4 is 43.2 Å². The number of aryl methyl sites for hydroxylation is 1. The molecule has 0 saturated carbocycles. The molecule has 0 fully saturated rings. The predicted octanol–water partition coefficient (Wildman–Crippen LogP) is 4.26. The minimum absolute atomic E-state index is 0.591. The second-order valence-electron chi connectivity index (χ2n) is 4.09. The average molecular weight is 409 g/mol. The summed E-state index contributed by atoms with van der Waals surface area (Å²) in [4.78, 5) is 0.974. The van der Waals surface area contributed by atoms with E-state index in [0.29, 0.717) is 11.8 Å². The molecule has 104 valence electrons. The molecule has 2 heterocycles. The Morgan fingerprint density at radius 3 is 2.84 bits per heavy atom. The fourth-order valence-electron chi connectivity index (χ4n) is 1.57. The van der Waals surface area contributed by atoms with Crippen LogP contribution < -0.4 is 5.32 Å². The predicted molar refractivity (Wildman–Crippen MR) is 84.5 cm³/mol. The van der Waals surface area contributed by atoms with Crippen molar-refractivity contribution in [2.45, 2.75) is 26.2 Å². The van der Waals surface area contributed by atoms with Crippen LogP contribution in [0, 0.1) is 0 Å². The van der Waals surface area contributed by atoms with Crippen molar-refractivity contribution in [3.05, 3.63) is 20.2 Å². The number of halogens is 2. The molecule has 0 aliphatic carbocycles. The van der Waals surface area contributed by atoms with Gasteiger partial charge < -0.3 is 9.73 Å². The Kier molecular flexibility index (Phi) is 6.00. The molecule has 1 N–H and O–H groups in total. The van der Waals surface area contributed by atoms with Crippen LogP contribution in [0.3, 0.4) is 0 Å². The summed E-state index contributed by atoms with van der Waals surface area (Å²) in [6.45, 7) is 4.21. The summed E-state index contributed by atoms with van der Waals surface area (Å²) in [6.07, 6.45) is 2.99. The van der Waals surface area contributed by atoms with Crippen molar-refractivity contribution in [3.63, 3.8) is 0 Å². The van der Waals surface area contributed by atoms with E-state index in [2.05, 4.69) is 54.3 Å². The molecule has 0 atom stereocenters. The van der Waals surface area contributed by atoms with Crippen LogP contribution >= 0.6 is 43.2 Å². The van der Waals surface area contributed by atoms with Crippen LogP contribution in [0.5, 0.6) is 0 Å². The molecule has 2 aromatic rings. The quantitative estimate of drug-likeness (QED) is 0.695.